The number of hydrogen-bond acceptors (Lipinski definition) is 7. The second-order valence-corrected chi connectivity index (χ2v) is 8.65. The summed E-state index contributed by atoms with van der Waals surface area (Å²) in [7, 11) is 0. The molecule has 35 heavy (non-hydrogen) atoms. The largest absolute Gasteiger partial charge is 0.462 e. The summed E-state index contributed by atoms with van der Waals surface area (Å²) in [5, 5.41) is 22.1. The summed E-state index contributed by atoms with van der Waals surface area (Å²) in [5.41, 5.74) is 3.32. The van der Waals surface area contributed by atoms with E-state index >= 15 is 0 Å². The molecule has 1 saturated carbocycles. The number of H-pyrrole nitrogens is 1. The van der Waals surface area contributed by atoms with Gasteiger partial charge in [-0.25, -0.2) is 9.48 Å². The second-order valence-electron chi connectivity index (χ2n) is 8.65. The van der Waals surface area contributed by atoms with E-state index in [1.807, 2.05) is 35.9 Å². The lowest BCUT2D eigenvalue weighted by atomic mass is 10.1. The minimum atomic E-state index is -0.414. The van der Waals surface area contributed by atoms with Crippen molar-refractivity contribution in [2.75, 3.05) is 11.9 Å². The molecule has 1 atom stereocenters. The van der Waals surface area contributed by atoms with Crippen LogP contribution in [0.1, 0.15) is 48.1 Å². The minimum Gasteiger partial charge on any atom is -0.462 e. The Morgan fingerprint density at radius 3 is 2.91 bits per heavy atom. The molecule has 10 heteroatoms. The first-order chi connectivity index (χ1) is 17.0. The highest BCUT2D eigenvalue weighted by Gasteiger charge is 2.34. The van der Waals surface area contributed by atoms with E-state index in [0.29, 0.717) is 41.2 Å². The summed E-state index contributed by atoms with van der Waals surface area (Å²) in [6.45, 7) is 3.99. The highest BCUT2D eigenvalue weighted by Crippen LogP contribution is 2.43. The van der Waals surface area contributed by atoms with Crippen molar-refractivity contribution in [3.63, 3.8) is 0 Å². The normalized spacial score (nSPS) is 14.0. The summed E-state index contributed by atoms with van der Waals surface area (Å²) in [4.78, 5) is 27.4. The lowest BCUT2D eigenvalue weighted by Gasteiger charge is -2.14. The van der Waals surface area contributed by atoms with E-state index in [2.05, 4.69) is 21.5 Å². The number of ether oxygens (including phenoxy) is 1. The second kappa shape index (κ2) is 9.10. The van der Waals surface area contributed by atoms with E-state index in [0.717, 1.165) is 29.8 Å². The van der Waals surface area contributed by atoms with E-state index in [-0.39, 0.29) is 11.6 Å². The molecule has 178 valence electrons. The fourth-order valence-corrected chi connectivity index (χ4v) is 4.37. The van der Waals surface area contributed by atoms with Crippen LogP contribution in [0.25, 0.3) is 16.6 Å². The van der Waals surface area contributed by atoms with Crippen LogP contribution in [0.3, 0.4) is 0 Å². The number of esters is 1. The summed E-state index contributed by atoms with van der Waals surface area (Å²) in [6, 6.07) is 9.71. The van der Waals surface area contributed by atoms with Crippen molar-refractivity contribution in [2.24, 2.45) is 5.92 Å². The van der Waals surface area contributed by atoms with Gasteiger partial charge in [-0.15, -0.1) is 0 Å². The van der Waals surface area contributed by atoms with Crippen molar-refractivity contribution < 1.29 is 9.53 Å². The zero-order valence-corrected chi connectivity index (χ0v) is 19.5. The molecular weight excluding hydrogens is 446 g/mol. The highest BCUT2D eigenvalue weighted by molar-refractivity contribution is 5.91. The Hall–Kier alpha value is -4.39. The Bertz CT molecular complexity index is 1500. The van der Waals surface area contributed by atoms with Crippen molar-refractivity contribution in [1.82, 2.24) is 24.5 Å². The Kier molecular flexibility index (Phi) is 5.82. The maximum absolute atomic E-state index is 12.7. The Balaban J connectivity index is 1.47. The van der Waals surface area contributed by atoms with Crippen LogP contribution in [-0.4, -0.2) is 37.1 Å². The lowest BCUT2D eigenvalue weighted by Crippen LogP contribution is -2.13. The van der Waals surface area contributed by atoms with Crippen LogP contribution in [0, 0.1) is 24.2 Å². The quantitative estimate of drug-likeness (QED) is 0.371. The topological polar surface area (TPSA) is 131 Å². The molecule has 1 aliphatic rings. The van der Waals surface area contributed by atoms with Gasteiger partial charge in [0.2, 0.25) is 0 Å². The molecule has 0 spiro atoms. The molecule has 0 bridgehead atoms. The third kappa shape index (κ3) is 4.28. The number of rotatable bonds is 8. The predicted molar refractivity (Wildman–Crippen MR) is 130 cm³/mol. The fraction of sp³-hybridized carbons (Fsp3) is 0.320. The van der Waals surface area contributed by atoms with Gasteiger partial charge in [-0.2, -0.15) is 15.5 Å². The number of aryl methyl sites for hydroxylation is 1. The standard InChI is InChI=1S/C25H25N7O3/c1-3-35-25(34)17-13-28-31(14-17)19-7-6-18(12-15(19)2)29-23-22-21(9-11-27-24(22)33)32(30-23)20(8-10-26)16-4-5-16/h6-7,9,11-14,16,20H,3-5,8H2,1-2H3,(H,27,33)(H,29,30). The van der Waals surface area contributed by atoms with Gasteiger partial charge in [-0.1, -0.05) is 0 Å². The van der Waals surface area contributed by atoms with Gasteiger partial charge < -0.3 is 15.0 Å². The average molecular weight is 472 g/mol. The molecule has 5 rings (SSSR count). The van der Waals surface area contributed by atoms with Crippen LogP contribution in [0.2, 0.25) is 0 Å². The number of pyridine rings is 1. The van der Waals surface area contributed by atoms with E-state index in [1.165, 1.54) is 6.20 Å². The smallest absolute Gasteiger partial charge is 0.341 e. The third-order valence-corrected chi connectivity index (χ3v) is 6.21. The maximum atomic E-state index is 12.7. The number of carbonyl (C=O) groups excluding carboxylic acids is 1. The molecule has 1 fully saturated rings. The highest BCUT2D eigenvalue weighted by atomic mass is 16.5. The van der Waals surface area contributed by atoms with Gasteiger partial charge in [-0.3, -0.25) is 9.48 Å². The number of carbonyl (C=O) groups is 1. The van der Waals surface area contributed by atoms with Crippen LogP contribution in [0.5, 0.6) is 0 Å². The lowest BCUT2D eigenvalue weighted by molar-refractivity contribution is 0.0526. The van der Waals surface area contributed by atoms with Gasteiger partial charge in [0.05, 0.1) is 48.1 Å². The van der Waals surface area contributed by atoms with Gasteiger partial charge in [0.25, 0.3) is 5.56 Å². The first-order valence-corrected chi connectivity index (χ1v) is 11.6. The number of anilines is 2. The molecule has 2 N–H and O–H groups in total. The van der Waals surface area contributed by atoms with Crippen molar-refractivity contribution in [1.29, 1.82) is 5.26 Å². The predicted octanol–water partition coefficient (Wildman–Crippen LogP) is 4.00. The summed E-state index contributed by atoms with van der Waals surface area (Å²) >= 11 is 0. The molecule has 3 aromatic heterocycles. The zero-order chi connectivity index (χ0) is 24.5. The summed E-state index contributed by atoms with van der Waals surface area (Å²) in [5.74, 6) is 0.435. The zero-order valence-electron chi connectivity index (χ0n) is 19.5. The Morgan fingerprint density at radius 1 is 1.37 bits per heavy atom. The number of aromatic nitrogens is 5. The molecule has 1 aliphatic carbocycles. The molecule has 0 radical (unpaired) electrons. The molecule has 1 unspecified atom stereocenters. The minimum absolute atomic E-state index is 0.0580. The van der Waals surface area contributed by atoms with Crippen LogP contribution < -0.4 is 10.9 Å². The molecule has 0 saturated heterocycles. The third-order valence-electron chi connectivity index (χ3n) is 6.21. The number of hydrogen-bond donors (Lipinski definition) is 2. The van der Waals surface area contributed by atoms with E-state index in [4.69, 9.17) is 9.84 Å². The molecule has 3 heterocycles. The average Bonchev–Trinajstić information content (AvgIpc) is 3.44. The monoisotopic (exact) mass is 471 g/mol. The maximum Gasteiger partial charge on any atom is 0.341 e. The number of benzene rings is 1. The number of aromatic amines is 1. The van der Waals surface area contributed by atoms with Gasteiger partial charge in [0.15, 0.2) is 5.82 Å². The Labute approximate surface area is 201 Å². The number of nitriles is 1. The number of nitrogens with one attached hydrogen (secondary N) is 2. The Morgan fingerprint density at radius 2 is 2.20 bits per heavy atom. The number of nitrogens with zero attached hydrogens (tertiary/aromatic N) is 5. The van der Waals surface area contributed by atoms with Crippen molar-refractivity contribution in [3.8, 4) is 11.8 Å². The van der Waals surface area contributed by atoms with E-state index < -0.39 is 5.97 Å². The fourth-order valence-electron chi connectivity index (χ4n) is 4.37. The van der Waals surface area contributed by atoms with Gasteiger partial charge in [0, 0.05) is 18.1 Å². The van der Waals surface area contributed by atoms with Crippen LogP contribution >= 0.6 is 0 Å². The molecular formula is C25H25N7O3. The molecule has 10 nitrogen and oxygen atoms in total. The van der Waals surface area contributed by atoms with Gasteiger partial charge in [0.1, 0.15) is 5.39 Å². The van der Waals surface area contributed by atoms with E-state index in [1.54, 1.807) is 24.0 Å². The first-order valence-electron chi connectivity index (χ1n) is 11.6. The molecule has 0 amide bonds. The van der Waals surface area contributed by atoms with Gasteiger partial charge >= 0.3 is 5.97 Å². The molecule has 1 aromatic carbocycles. The van der Waals surface area contributed by atoms with E-state index in [9.17, 15) is 14.9 Å². The number of fused-ring (bicyclic) bond motifs is 1. The van der Waals surface area contributed by atoms with Crippen LogP contribution in [-0.2, 0) is 4.74 Å². The summed E-state index contributed by atoms with van der Waals surface area (Å²) in [6.07, 6.45) is 7.19. The van der Waals surface area contributed by atoms with Crippen LogP contribution in [0.15, 0.2) is 47.7 Å². The van der Waals surface area contributed by atoms with Crippen LogP contribution in [0.4, 0.5) is 11.5 Å². The van der Waals surface area contributed by atoms with Crippen molar-refractivity contribution in [2.45, 2.75) is 39.2 Å². The first kappa shape index (κ1) is 22.4. The summed E-state index contributed by atoms with van der Waals surface area (Å²) < 4.78 is 8.49. The van der Waals surface area contributed by atoms with Crippen molar-refractivity contribution >= 4 is 28.4 Å². The molecule has 4 aromatic rings. The molecule has 0 aliphatic heterocycles. The van der Waals surface area contributed by atoms with Crippen molar-refractivity contribution in [3.05, 3.63) is 64.3 Å². The van der Waals surface area contributed by atoms with Gasteiger partial charge in [-0.05, 0) is 62.4 Å². The SMILES string of the molecule is CCOC(=O)c1cnn(-c2ccc(Nc3nn(C(CC#N)C4CC4)c4cc[nH]c(=O)c34)cc2C)c1.